The second kappa shape index (κ2) is 10.3. The number of hydrogen-bond donors (Lipinski definition) is 1. The van der Waals surface area contributed by atoms with Crippen molar-refractivity contribution in [2.24, 2.45) is 0 Å². The van der Waals surface area contributed by atoms with Gasteiger partial charge in [0.05, 0.1) is 12.2 Å². The van der Waals surface area contributed by atoms with Gasteiger partial charge in [0.25, 0.3) is 11.8 Å². The average molecular weight is 461 g/mol. The minimum atomic E-state index is -0.280. The van der Waals surface area contributed by atoms with E-state index in [1.165, 1.54) is 0 Å². The zero-order valence-corrected chi connectivity index (χ0v) is 19.6. The Kier molecular flexibility index (Phi) is 7.01. The molecule has 1 aliphatic rings. The fourth-order valence-corrected chi connectivity index (χ4v) is 3.78. The predicted octanol–water partition coefficient (Wildman–Crippen LogP) is 4.43. The largest absolute Gasteiger partial charge is 0.492 e. The first kappa shape index (κ1) is 23.2. The molecule has 3 aromatic carbocycles. The van der Waals surface area contributed by atoms with Crippen LogP contribution < -0.4 is 24.4 Å². The monoisotopic (exact) mass is 460 g/mol. The van der Waals surface area contributed by atoms with Crippen LogP contribution in [0.3, 0.4) is 0 Å². The van der Waals surface area contributed by atoms with Gasteiger partial charge in [0.2, 0.25) is 0 Å². The standard InChI is InChI=1S/C27H28N2O5/c1-18-7-10-22(11-8-18)32-14-13-29-23-12-9-21(15-24(23)33-17-26(29)31)28-25(30)16-34-27-19(2)5-4-6-20(27)3/h4-12,15H,13-14,16-17H2,1-3H3,(H,28,30). The zero-order valence-electron chi connectivity index (χ0n) is 19.6. The summed E-state index contributed by atoms with van der Waals surface area (Å²) < 4.78 is 17.1. The molecule has 0 unspecified atom stereocenters. The number of carbonyl (C=O) groups excluding carboxylic acids is 2. The van der Waals surface area contributed by atoms with Crippen molar-refractivity contribution < 1.29 is 23.8 Å². The molecule has 0 aromatic heterocycles. The van der Waals surface area contributed by atoms with Gasteiger partial charge in [-0.2, -0.15) is 0 Å². The van der Waals surface area contributed by atoms with Gasteiger partial charge in [0, 0.05) is 11.8 Å². The van der Waals surface area contributed by atoms with E-state index in [2.05, 4.69) is 5.32 Å². The maximum atomic E-state index is 12.4. The van der Waals surface area contributed by atoms with E-state index < -0.39 is 0 Å². The van der Waals surface area contributed by atoms with E-state index in [-0.39, 0.29) is 25.0 Å². The lowest BCUT2D eigenvalue weighted by atomic mass is 10.1. The van der Waals surface area contributed by atoms with Crippen LogP contribution in [0.1, 0.15) is 16.7 Å². The molecule has 7 heteroatoms. The Morgan fingerprint density at radius 1 is 1.00 bits per heavy atom. The van der Waals surface area contributed by atoms with Crippen molar-refractivity contribution in [3.05, 3.63) is 77.4 Å². The van der Waals surface area contributed by atoms with E-state index in [1.807, 2.05) is 63.2 Å². The summed E-state index contributed by atoms with van der Waals surface area (Å²) in [6.07, 6.45) is 0. The third-order valence-corrected chi connectivity index (χ3v) is 5.55. The summed E-state index contributed by atoms with van der Waals surface area (Å²) in [5.74, 6) is 1.58. The van der Waals surface area contributed by atoms with Gasteiger partial charge in [-0.3, -0.25) is 9.59 Å². The molecule has 0 bridgehead atoms. The molecule has 0 saturated carbocycles. The van der Waals surface area contributed by atoms with Gasteiger partial charge in [-0.25, -0.2) is 0 Å². The minimum absolute atomic E-state index is 0.0649. The predicted molar refractivity (Wildman–Crippen MR) is 131 cm³/mol. The van der Waals surface area contributed by atoms with Crippen molar-refractivity contribution in [3.8, 4) is 17.2 Å². The molecule has 0 atom stereocenters. The van der Waals surface area contributed by atoms with Crippen LogP contribution in [0.2, 0.25) is 0 Å². The topological polar surface area (TPSA) is 77.1 Å². The molecule has 3 aromatic rings. The minimum Gasteiger partial charge on any atom is -0.492 e. The van der Waals surface area contributed by atoms with Gasteiger partial charge < -0.3 is 24.4 Å². The highest BCUT2D eigenvalue weighted by Crippen LogP contribution is 2.34. The van der Waals surface area contributed by atoms with Crippen LogP contribution in [0.4, 0.5) is 11.4 Å². The number of hydrogen-bond acceptors (Lipinski definition) is 5. The molecule has 1 N–H and O–H groups in total. The van der Waals surface area contributed by atoms with E-state index in [1.54, 1.807) is 23.1 Å². The molecule has 1 aliphatic heterocycles. The second-order valence-corrected chi connectivity index (χ2v) is 8.24. The lowest BCUT2D eigenvalue weighted by Gasteiger charge is -2.29. The maximum Gasteiger partial charge on any atom is 0.265 e. The number of aryl methyl sites for hydroxylation is 3. The van der Waals surface area contributed by atoms with Crippen LogP contribution in [0.15, 0.2) is 60.7 Å². The number of rotatable bonds is 8. The van der Waals surface area contributed by atoms with E-state index in [0.29, 0.717) is 36.0 Å². The van der Waals surface area contributed by atoms with Gasteiger partial charge in [-0.15, -0.1) is 0 Å². The van der Waals surface area contributed by atoms with Crippen LogP contribution in [0.5, 0.6) is 17.2 Å². The number of nitrogens with zero attached hydrogens (tertiary/aromatic N) is 1. The Bertz CT molecular complexity index is 1170. The number of nitrogens with one attached hydrogen (secondary N) is 1. The van der Waals surface area contributed by atoms with Gasteiger partial charge in [0.1, 0.15) is 23.9 Å². The summed E-state index contributed by atoms with van der Waals surface area (Å²) in [4.78, 5) is 26.5. The Morgan fingerprint density at radius 3 is 2.47 bits per heavy atom. The summed E-state index contributed by atoms with van der Waals surface area (Å²) in [5.41, 5.74) is 4.33. The van der Waals surface area contributed by atoms with Gasteiger partial charge >= 0.3 is 0 Å². The smallest absolute Gasteiger partial charge is 0.265 e. The molecule has 0 saturated heterocycles. The lowest BCUT2D eigenvalue weighted by Crippen LogP contribution is -2.41. The second-order valence-electron chi connectivity index (χ2n) is 8.24. The van der Waals surface area contributed by atoms with Crippen molar-refractivity contribution in [2.75, 3.05) is 36.6 Å². The average Bonchev–Trinajstić information content (AvgIpc) is 2.81. The number of anilines is 2. The molecule has 34 heavy (non-hydrogen) atoms. The highest BCUT2D eigenvalue weighted by molar-refractivity contribution is 5.99. The van der Waals surface area contributed by atoms with Crippen molar-refractivity contribution in [3.63, 3.8) is 0 Å². The number of amides is 2. The third-order valence-electron chi connectivity index (χ3n) is 5.55. The quantitative estimate of drug-likeness (QED) is 0.538. The van der Waals surface area contributed by atoms with Crippen LogP contribution in [0, 0.1) is 20.8 Å². The molecule has 7 nitrogen and oxygen atoms in total. The number of benzene rings is 3. The first-order valence-corrected chi connectivity index (χ1v) is 11.2. The summed E-state index contributed by atoms with van der Waals surface area (Å²) >= 11 is 0. The maximum absolute atomic E-state index is 12.4. The van der Waals surface area contributed by atoms with Crippen LogP contribution in [0.25, 0.3) is 0 Å². The zero-order chi connectivity index (χ0) is 24.1. The number of carbonyl (C=O) groups is 2. The molecule has 0 radical (unpaired) electrons. The van der Waals surface area contributed by atoms with Gasteiger partial charge in [-0.05, 0) is 56.2 Å². The van der Waals surface area contributed by atoms with E-state index in [4.69, 9.17) is 14.2 Å². The molecule has 0 fully saturated rings. The third kappa shape index (κ3) is 5.49. The molecule has 4 rings (SSSR count). The fraction of sp³-hybridized carbons (Fsp3) is 0.259. The molecular weight excluding hydrogens is 432 g/mol. The van der Waals surface area contributed by atoms with Crippen molar-refractivity contribution >= 4 is 23.2 Å². The van der Waals surface area contributed by atoms with Crippen LogP contribution >= 0.6 is 0 Å². The summed E-state index contributed by atoms with van der Waals surface area (Å²) in [5, 5.41) is 2.82. The summed E-state index contributed by atoms with van der Waals surface area (Å²) in [7, 11) is 0. The van der Waals surface area contributed by atoms with E-state index in [9.17, 15) is 9.59 Å². The lowest BCUT2D eigenvalue weighted by molar-refractivity contribution is -0.121. The molecule has 0 aliphatic carbocycles. The van der Waals surface area contributed by atoms with Crippen LogP contribution in [-0.4, -0.2) is 38.2 Å². The van der Waals surface area contributed by atoms with Gasteiger partial charge in [0.15, 0.2) is 13.2 Å². The summed E-state index contributed by atoms with van der Waals surface area (Å²) in [6.45, 7) is 6.47. The van der Waals surface area contributed by atoms with Crippen LogP contribution in [-0.2, 0) is 9.59 Å². The Morgan fingerprint density at radius 2 is 1.74 bits per heavy atom. The highest BCUT2D eigenvalue weighted by atomic mass is 16.5. The highest BCUT2D eigenvalue weighted by Gasteiger charge is 2.26. The van der Waals surface area contributed by atoms with E-state index in [0.717, 1.165) is 22.4 Å². The number of fused-ring (bicyclic) bond motifs is 1. The Labute approximate surface area is 199 Å². The van der Waals surface area contributed by atoms with E-state index >= 15 is 0 Å². The number of para-hydroxylation sites is 1. The SMILES string of the molecule is Cc1ccc(OCCN2C(=O)COc3cc(NC(=O)COc4c(C)cccc4C)ccc32)cc1. The number of ether oxygens (including phenoxy) is 3. The molecule has 176 valence electrons. The molecule has 0 spiro atoms. The first-order valence-electron chi connectivity index (χ1n) is 11.2. The summed E-state index contributed by atoms with van der Waals surface area (Å²) in [6, 6.07) is 18.8. The molecule has 1 heterocycles. The Hall–Kier alpha value is -4.00. The Balaban J connectivity index is 1.36. The molecule has 2 amide bonds. The van der Waals surface area contributed by atoms with Gasteiger partial charge in [-0.1, -0.05) is 35.9 Å². The first-order chi connectivity index (χ1) is 16.4. The fourth-order valence-electron chi connectivity index (χ4n) is 3.78. The normalized spacial score (nSPS) is 12.6. The van der Waals surface area contributed by atoms with Crippen molar-refractivity contribution in [2.45, 2.75) is 20.8 Å². The van der Waals surface area contributed by atoms with Crippen molar-refractivity contribution in [1.82, 2.24) is 0 Å². The molecular formula is C27H28N2O5. The van der Waals surface area contributed by atoms with Crippen molar-refractivity contribution in [1.29, 1.82) is 0 Å².